The molecule has 1 aromatic rings. The van der Waals surface area contributed by atoms with E-state index in [1.165, 1.54) is 41.7 Å². The lowest BCUT2D eigenvalue weighted by atomic mass is 9.63. The van der Waals surface area contributed by atoms with E-state index in [0.717, 1.165) is 11.1 Å². The number of allylic oxidation sites excluding steroid dienone is 12. The third kappa shape index (κ3) is 2.95. The number of amidine groups is 1. The second-order valence-electron chi connectivity index (χ2n) is 8.89. The maximum atomic E-state index is 12.0. The summed E-state index contributed by atoms with van der Waals surface area (Å²) >= 11 is 0. The predicted molar refractivity (Wildman–Crippen MR) is 124 cm³/mol. The average Bonchev–Trinajstić information content (AvgIpc) is 2.83. The highest BCUT2D eigenvalue weighted by molar-refractivity contribution is 6.04. The van der Waals surface area contributed by atoms with Crippen molar-refractivity contribution in [2.45, 2.75) is 0 Å². The van der Waals surface area contributed by atoms with E-state index in [-0.39, 0.29) is 23.6 Å². The van der Waals surface area contributed by atoms with Crippen molar-refractivity contribution < 1.29 is 9.48 Å². The molecule has 34 heavy (non-hydrogen) atoms. The van der Waals surface area contributed by atoms with Crippen LogP contribution in [0.3, 0.4) is 0 Å². The summed E-state index contributed by atoms with van der Waals surface area (Å²) in [6.07, 6.45) is 17.1. The summed E-state index contributed by atoms with van der Waals surface area (Å²) in [5.74, 6) is 1.55. The maximum absolute atomic E-state index is 12.0. The Morgan fingerprint density at radius 1 is 0.882 bits per heavy atom. The van der Waals surface area contributed by atoms with Gasteiger partial charge in [0, 0.05) is 37.1 Å². The van der Waals surface area contributed by atoms with Crippen LogP contribution < -0.4 is 15.8 Å². The Hall–Kier alpha value is -4.34. The van der Waals surface area contributed by atoms with Crippen LogP contribution in [-0.4, -0.2) is 50.9 Å². The van der Waals surface area contributed by atoms with Gasteiger partial charge in [-0.05, 0) is 46.6 Å². The summed E-state index contributed by atoms with van der Waals surface area (Å²) in [5, 5.41) is 15.9. The monoisotopic (exact) mass is 455 g/mol. The molecule has 1 aliphatic heterocycles. The van der Waals surface area contributed by atoms with Gasteiger partial charge in [0.2, 0.25) is 5.82 Å². The van der Waals surface area contributed by atoms with Crippen molar-refractivity contribution in [3.63, 3.8) is 0 Å². The van der Waals surface area contributed by atoms with E-state index >= 15 is 0 Å². The van der Waals surface area contributed by atoms with Crippen molar-refractivity contribution in [1.29, 1.82) is 0 Å². The number of hydrazine groups is 1. The van der Waals surface area contributed by atoms with E-state index in [4.69, 9.17) is 0 Å². The summed E-state index contributed by atoms with van der Waals surface area (Å²) in [6.45, 7) is 0. The number of rotatable bonds is 2. The molecule has 0 bridgehead atoms. The SMILES string of the molecule is CN1N=C(C2=CC3=CC=C4C=C(c5nn(C)c(=O)[n+](C)n5)C=C5C=CC(=C2)C3C45)NN(C)C1=O. The molecule has 1 aromatic heterocycles. The fourth-order valence-corrected chi connectivity index (χ4v) is 5.05. The predicted octanol–water partition coefficient (Wildman–Crippen LogP) is 0.674. The zero-order chi connectivity index (χ0) is 23.7. The average molecular weight is 456 g/mol. The number of hydrogen-bond acceptors (Lipinski definition) is 6. The topological polar surface area (TPSA) is 99.6 Å². The Morgan fingerprint density at radius 2 is 1.50 bits per heavy atom. The van der Waals surface area contributed by atoms with Crippen LogP contribution >= 0.6 is 0 Å². The molecule has 0 saturated heterocycles. The second-order valence-corrected chi connectivity index (χ2v) is 8.89. The van der Waals surface area contributed by atoms with Crippen molar-refractivity contribution in [1.82, 2.24) is 30.3 Å². The zero-order valence-corrected chi connectivity index (χ0v) is 19.2. The minimum absolute atomic E-state index is 0.201. The lowest BCUT2D eigenvalue weighted by molar-refractivity contribution is -0.750. The molecule has 2 atom stereocenters. The number of nitrogens with one attached hydrogen (secondary N) is 1. The molecule has 2 amide bonds. The number of hydrogen-bond donors (Lipinski definition) is 1. The van der Waals surface area contributed by atoms with Gasteiger partial charge >= 0.3 is 11.7 Å². The first-order valence-corrected chi connectivity index (χ1v) is 11.0. The fourth-order valence-electron chi connectivity index (χ4n) is 5.05. The van der Waals surface area contributed by atoms with Crippen LogP contribution in [0.1, 0.15) is 5.82 Å². The quantitative estimate of drug-likeness (QED) is 0.661. The van der Waals surface area contributed by atoms with E-state index in [0.29, 0.717) is 11.7 Å². The van der Waals surface area contributed by atoms with Crippen molar-refractivity contribution in [2.75, 3.05) is 14.1 Å². The summed E-state index contributed by atoms with van der Waals surface area (Å²) in [6, 6.07) is -0.219. The molecule has 170 valence electrons. The smallest absolute Gasteiger partial charge is 0.276 e. The van der Waals surface area contributed by atoms with Gasteiger partial charge in [-0.25, -0.2) is 14.8 Å². The summed E-state index contributed by atoms with van der Waals surface area (Å²) in [5.41, 5.74) is 9.37. The van der Waals surface area contributed by atoms with Gasteiger partial charge < -0.3 is 0 Å². The first-order chi connectivity index (χ1) is 16.3. The van der Waals surface area contributed by atoms with Gasteiger partial charge in [0.05, 0.1) is 0 Å². The van der Waals surface area contributed by atoms with Crippen molar-refractivity contribution >= 4 is 17.4 Å². The number of carbonyl (C=O) groups excluding carboxylic acids is 1. The second kappa shape index (κ2) is 7.08. The van der Waals surface area contributed by atoms with E-state index < -0.39 is 0 Å². The number of nitrogens with zero attached hydrogens (tertiary/aromatic N) is 7. The van der Waals surface area contributed by atoms with Crippen LogP contribution in [0.25, 0.3) is 5.57 Å². The van der Waals surface area contributed by atoms with Gasteiger partial charge in [-0.15, -0.1) is 5.10 Å². The lowest BCUT2D eigenvalue weighted by Gasteiger charge is -2.41. The Balaban J connectivity index is 1.43. The van der Waals surface area contributed by atoms with Gasteiger partial charge in [0.15, 0.2) is 5.84 Å². The van der Waals surface area contributed by atoms with Crippen LogP contribution in [0.2, 0.25) is 0 Å². The molecular weight excluding hydrogens is 432 g/mol. The number of aryl methyl sites for hydroxylation is 2. The van der Waals surface area contributed by atoms with Gasteiger partial charge in [0.25, 0.3) is 0 Å². The number of hydrazone groups is 1. The molecule has 0 aromatic carbocycles. The highest BCUT2D eigenvalue weighted by atomic mass is 16.2. The normalized spacial score (nSPS) is 24.7. The van der Waals surface area contributed by atoms with Crippen LogP contribution in [0.5, 0.6) is 0 Å². The molecule has 0 spiro atoms. The standard InChI is InChI=1S/C24H23N8O2/c1-29-23(33)30(2)26-21(25-29)17-9-13-5-7-15-11-18(22-27-31(3)24(34)32(4)28-22)12-16-8-6-14(10-17)19(13)20(15)16/h5-12,19-20H,1-4H3,(H,25,26)/q+1. The number of carbonyl (C=O) groups is 1. The fraction of sp³-hybridized carbons (Fsp3) is 0.250. The highest BCUT2D eigenvalue weighted by Gasteiger charge is 2.39. The van der Waals surface area contributed by atoms with Crippen LogP contribution in [0, 0.1) is 11.8 Å². The zero-order valence-electron chi connectivity index (χ0n) is 19.2. The van der Waals surface area contributed by atoms with Crippen LogP contribution in [-0.2, 0) is 14.1 Å². The summed E-state index contributed by atoms with van der Waals surface area (Å²) < 4.78 is 2.60. The maximum Gasteiger partial charge on any atom is 0.539 e. The molecule has 4 aliphatic carbocycles. The van der Waals surface area contributed by atoms with Crippen molar-refractivity contribution in [3.05, 3.63) is 92.8 Å². The van der Waals surface area contributed by atoms with Crippen LogP contribution in [0.4, 0.5) is 4.79 Å². The van der Waals surface area contributed by atoms with Gasteiger partial charge in [-0.1, -0.05) is 43.9 Å². The lowest BCUT2D eigenvalue weighted by Crippen LogP contribution is -2.55. The molecule has 0 radical (unpaired) electrons. The van der Waals surface area contributed by atoms with Gasteiger partial charge in [0.1, 0.15) is 14.1 Å². The molecule has 10 heteroatoms. The molecule has 1 N–H and O–H groups in total. The summed E-state index contributed by atoms with van der Waals surface area (Å²) in [4.78, 5) is 24.0. The van der Waals surface area contributed by atoms with Gasteiger partial charge in [-0.2, -0.15) is 4.79 Å². The first-order valence-electron chi connectivity index (χ1n) is 11.0. The number of aromatic nitrogens is 4. The number of urea groups is 1. The Kier molecular flexibility index (Phi) is 4.22. The Morgan fingerprint density at radius 3 is 2.12 bits per heavy atom. The minimum atomic E-state index is -0.272. The van der Waals surface area contributed by atoms with E-state index in [2.05, 4.69) is 69.3 Å². The van der Waals surface area contributed by atoms with Crippen molar-refractivity contribution in [3.8, 4) is 0 Å². The Labute approximate surface area is 195 Å². The third-order valence-corrected chi connectivity index (χ3v) is 6.66. The molecule has 6 rings (SSSR count). The summed E-state index contributed by atoms with van der Waals surface area (Å²) in [7, 11) is 6.58. The molecule has 2 heterocycles. The largest absolute Gasteiger partial charge is 0.539 e. The molecule has 10 nitrogen and oxygen atoms in total. The minimum Gasteiger partial charge on any atom is -0.276 e. The van der Waals surface area contributed by atoms with Crippen LogP contribution in [0.15, 0.2) is 86.4 Å². The molecule has 2 unspecified atom stereocenters. The number of amides is 2. The van der Waals surface area contributed by atoms with E-state index in [1.54, 1.807) is 28.2 Å². The Bertz CT molecular complexity index is 1450. The molecule has 0 saturated carbocycles. The molecule has 5 aliphatic rings. The first kappa shape index (κ1) is 20.3. The van der Waals surface area contributed by atoms with E-state index in [1.807, 2.05) is 0 Å². The van der Waals surface area contributed by atoms with Gasteiger partial charge in [-0.3, -0.25) is 5.43 Å². The van der Waals surface area contributed by atoms with E-state index in [9.17, 15) is 9.59 Å². The molecule has 0 fully saturated rings. The third-order valence-electron chi connectivity index (χ3n) is 6.66. The van der Waals surface area contributed by atoms with Crippen molar-refractivity contribution in [2.24, 2.45) is 31.0 Å². The highest BCUT2D eigenvalue weighted by Crippen LogP contribution is 2.50. The molecular formula is C24H23N8O2+.